The molecule has 2 N–H and O–H groups in total. The van der Waals surface area contributed by atoms with Gasteiger partial charge in [0.15, 0.2) is 5.69 Å². The van der Waals surface area contributed by atoms with Crippen LogP contribution in [0.15, 0.2) is 59.6 Å². The molecule has 0 spiro atoms. The number of carbonyl (C=O) groups excluding carboxylic acids is 2. The molecule has 0 saturated carbocycles. The number of hydrogen-bond donors (Lipinski definition) is 2. The Balaban J connectivity index is 1.53. The molecule has 0 radical (unpaired) electrons. The van der Waals surface area contributed by atoms with E-state index in [0.29, 0.717) is 17.1 Å². The Kier molecular flexibility index (Phi) is 6.16. The number of nitrogens with zero attached hydrogens (tertiary/aromatic N) is 3. The van der Waals surface area contributed by atoms with E-state index in [1.807, 2.05) is 25.1 Å². The Morgan fingerprint density at radius 2 is 2.00 bits per heavy atom. The van der Waals surface area contributed by atoms with E-state index in [1.54, 1.807) is 30.1 Å². The molecule has 4 rings (SSSR count). The summed E-state index contributed by atoms with van der Waals surface area (Å²) in [6.07, 6.45) is 1.65. The Hall–Kier alpha value is -3.70. The smallest absolute Gasteiger partial charge is 0.276 e. The number of methoxy groups -OCH3 is 1. The standard InChI is InChI=1S/C22H23N5O5S/c1-15-6-7-20(32-2)19(12-15)27-10-8-18(25-27)22(29)24-16-4-3-5-17(13-16)33(30,31)26-11-9-23-21(28)14-26/h3-8,10,12-13H,9,11,14H2,1-2H3,(H,23,28)(H,24,29). The van der Waals surface area contributed by atoms with Gasteiger partial charge in [0, 0.05) is 25.0 Å². The van der Waals surface area contributed by atoms with Gasteiger partial charge >= 0.3 is 0 Å². The molecule has 2 aromatic carbocycles. The molecule has 11 heteroatoms. The minimum atomic E-state index is -3.87. The van der Waals surface area contributed by atoms with Gasteiger partial charge < -0.3 is 15.4 Å². The Morgan fingerprint density at radius 1 is 1.18 bits per heavy atom. The number of anilines is 1. The molecule has 172 valence electrons. The summed E-state index contributed by atoms with van der Waals surface area (Å²) >= 11 is 0. The highest BCUT2D eigenvalue weighted by Crippen LogP contribution is 2.24. The molecular formula is C22H23N5O5S. The molecule has 0 aliphatic carbocycles. The van der Waals surface area contributed by atoms with Crippen LogP contribution in [-0.2, 0) is 14.8 Å². The van der Waals surface area contributed by atoms with Gasteiger partial charge in [-0.2, -0.15) is 9.40 Å². The summed E-state index contributed by atoms with van der Waals surface area (Å²) in [7, 11) is -2.32. The van der Waals surface area contributed by atoms with Crippen LogP contribution in [0.3, 0.4) is 0 Å². The van der Waals surface area contributed by atoms with Crippen molar-refractivity contribution < 1.29 is 22.7 Å². The summed E-state index contributed by atoms with van der Waals surface area (Å²) in [5, 5.41) is 9.61. The molecular weight excluding hydrogens is 446 g/mol. The minimum absolute atomic E-state index is 0.00923. The van der Waals surface area contributed by atoms with Crippen molar-refractivity contribution in [2.24, 2.45) is 0 Å². The molecule has 2 heterocycles. The molecule has 1 aliphatic heterocycles. The zero-order valence-electron chi connectivity index (χ0n) is 18.1. The number of piperazine rings is 1. The summed E-state index contributed by atoms with van der Waals surface area (Å²) in [4.78, 5) is 24.3. The third-order valence-corrected chi connectivity index (χ3v) is 6.98. The first-order valence-electron chi connectivity index (χ1n) is 10.2. The van der Waals surface area contributed by atoms with E-state index < -0.39 is 15.9 Å². The van der Waals surface area contributed by atoms with Crippen LogP contribution in [0.25, 0.3) is 5.69 Å². The van der Waals surface area contributed by atoms with E-state index in [1.165, 1.54) is 18.2 Å². The second kappa shape index (κ2) is 9.04. The van der Waals surface area contributed by atoms with Crippen molar-refractivity contribution in [2.45, 2.75) is 11.8 Å². The number of rotatable bonds is 6. The molecule has 0 bridgehead atoms. The molecule has 10 nitrogen and oxygen atoms in total. The molecule has 1 saturated heterocycles. The largest absolute Gasteiger partial charge is 0.494 e. The first-order chi connectivity index (χ1) is 15.8. The number of carbonyl (C=O) groups is 2. The lowest BCUT2D eigenvalue weighted by Gasteiger charge is -2.26. The monoisotopic (exact) mass is 469 g/mol. The molecule has 3 aromatic rings. The van der Waals surface area contributed by atoms with E-state index in [0.717, 1.165) is 9.87 Å². The Morgan fingerprint density at radius 3 is 2.76 bits per heavy atom. The average molecular weight is 470 g/mol. The quantitative estimate of drug-likeness (QED) is 0.565. The predicted molar refractivity (Wildman–Crippen MR) is 121 cm³/mol. The second-order valence-corrected chi connectivity index (χ2v) is 9.43. The third-order valence-electron chi connectivity index (χ3n) is 5.14. The van der Waals surface area contributed by atoms with Crippen LogP contribution in [0.2, 0.25) is 0 Å². The SMILES string of the molecule is COc1ccc(C)cc1-n1ccc(C(=O)Nc2cccc(S(=O)(=O)N3CCNC(=O)C3)c2)n1. The van der Waals surface area contributed by atoms with Gasteiger partial charge in [0.1, 0.15) is 11.4 Å². The number of aryl methyl sites for hydroxylation is 1. The lowest BCUT2D eigenvalue weighted by atomic mass is 10.2. The van der Waals surface area contributed by atoms with Gasteiger partial charge in [-0.15, -0.1) is 0 Å². The first kappa shape index (κ1) is 22.5. The highest BCUT2D eigenvalue weighted by Gasteiger charge is 2.29. The van der Waals surface area contributed by atoms with Gasteiger partial charge in [0.2, 0.25) is 15.9 Å². The lowest BCUT2D eigenvalue weighted by molar-refractivity contribution is -0.122. The Labute approximate surface area is 191 Å². The minimum Gasteiger partial charge on any atom is -0.494 e. The van der Waals surface area contributed by atoms with Gasteiger partial charge in [-0.05, 0) is 48.9 Å². The molecule has 2 amide bonds. The zero-order chi connectivity index (χ0) is 23.6. The number of amides is 2. The highest BCUT2D eigenvalue weighted by molar-refractivity contribution is 7.89. The highest BCUT2D eigenvalue weighted by atomic mass is 32.2. The fourth-order valence-corrected chi connectivity index (χ4v) is 4.90. The maximum atomic E-state index is 12.9. The molecule has 1 aromatic heterocycles. The maximum Gasteiger partial charge on any atom is 0.276 e. The van der Waals surface area contributed by atoms with Crippen LogP contribution < -0.4 is 15.4 Å². The third kappa shape index (κ3) is 4.73. The normalized spacial score (nSPS) is 14.5. The van der Waals surface area contributed by atoms with E-state index in [-0.39, 0.29) is 36.1 Å². The van der Waals surface area contributed by atoms with Crippen molar-refractivity contribution in [2.75, 3.05) is 32.1 Å². The lowest BCUT2D eigenvalue weighted by Crippen LogP contribution is -2.49. The number of sulfonamides is 1. The summed E-state index contributed by atoms with van der Waals surface area (Å²) in [5.74, 6) is -0.234. The van der Waals surface area contributed by atoms with Gasteiger partial charge in [-0.25, -0.2) is 13.1 Å². The topological polar surface area (TPSA) is 123 Å². The van der Waals surface area contributed by atoms with Crippen LogP contribution in [-0.4, -0.2) is 61.1 Å². The summed E-state index contributed by atoms with van der Waals surface area (Å²) in [6, 6.07) is 13.1. The van der Waals surface area contributed by atoms with Gasteiger partial charge in [0.05, 0.1) is 18.6 Å². The van der Waals surface area contributed by atoms with E-state index >= 15 is 0 Å². The van der Waals surface area contributed by atoms with E-state index in [2.05, 4.69) is 15.7 Å². The maximum absolute atomic E-state index is 12.9. The summed E-state index contributed by atoms with van der Waals surface area (Å²) in [5.41, 5.74) is 2.15. The van der Waals surface area contributed by atoms with Crippen molar-refractivity contribution in [3.63, 3.8) is 0 Å². The summed E-state index contributed by atoms with van der Waals surface area (Å²) < 4.78 is 33.8. The Bertz CT molecular complexity index is 1320. The first-order valence-corrected chi connectivity index (χ1v) is 11.6. The predicted octanol–water partition coefficient (Wildman–Crippen LogP) is 1.56. The molecule has 1 fully saturated rings. The van der Waals surface area contributed by atoms with Crippen LogP contribution in [0.5, 0.6) is 5.75 Å². The molecule has 0 atom stereocenters. The fourth-order valence-electron chi connectivity index (χ4n) is 3.46. The number of hydrogen-bond acceptors (Lipinski definition) is 6. The van der Waals surface area contributed by atoms with E-state index in [9.17, 15) is 18.0 Å². The molecule has 0 unspecified atom stereocenters. The molecule has 33 heavy (non-hydrogen) atoms. The number of ether oxygens (including phenoxy) is 1. The van der Waals surface area contributed by atoms with Crippen molar-refractivity contribution in [3.05, 3.63) is 66.0 Å². The van der Waals surface area contributed by atoms with Crippen LogP contribution in [0, 0.1) is 6.92 Å². The van der Waals surface area contributed by atoms with Gasteiger partial charge in [0.25, 0.3) is 5.91 Å². The van der Waals surface area contributed by atoms with Crippen molar-refractivity contribution in [3.8, 4) is 11.4 Å². The summed E-state index contributed by atoms with van der Waals surface area (Å²) in [6.45, 7) is 2.14. The van der Waals surface area contributed by atoms with Gasteiger partial charge in [-0.1, -0.05) is 12.1 Å². The van der Waals surface area contributed by atoms with Crippen molar-refractivity contribution in [1.29, 1.82) is 0 Å². The number of aromatic nitrogens is 2. The number of benzene rings is 2. The second-order valence-electron chi connectivity index (χ2n) is 7.49. The van der Waals surface area contributed by atoms with E-state index in [4.69, 9.17) is 4.74 Å². The van der Waals surface area contributed by atoms with Gasteiger partial charge in [-0.3, -0.25) is 9.59 Å². The average Bonchev–Trinajstić information content (AvgIpc) is 3.30. The molecule has 1 aliphatic rings. The fraction of sp³-hybridized carbons (Fsp3) is 0.227. The zero-order valence-corrected chi connectivity index (χ0v) is 18.9. The van der Waals surface area contributed by atoms with Crippen LogP contribution >= 0.6 is 0 Å². The van der Waals surface area contributed by atoms with Crippen molar-refractivity contribution in [1.82, 2.24) is 19.4 Å². The number of nitrogens with one attached hydrogen (secondary N) is 2. The van der Waals surface area contributed by atoms with Crippen molar-refractivity contribution >= 4 is 27.5 Å². The van der Waals surface area contributed by atoms with Crippen LogP contribution in [0.1, 0.15) is 16.1 Å². The van der Waals surface area contributed by atoms with Crippen LogP contribution in [0.4, 0.5) is 5.69 Å².